The number of benzene rings is 1. The first-order valence-corrected chi connectivity index (χ1v) is 6.62. The van der Waals surface area contributed by atoms with Crippen LogP contribution in [-0.2, 0) is 6.54 Å². The van der Waals surface area contributed by atoms with E-state index < -0.39 is 0 Å². The summed E-state index contributed by atoms with van der Waals surface area (Å²) in [5.74, 6) is 0.713. The molecule has 1 aliphatic rings. The molecule has 0 radical (unpaired) electrons. The highest BCUT2D eigenvalue weighted by Gasteiger charge is 2.22. The van der Waals surface area contributed by atoms with E-state index in [9.17, 15) is 0 Å². The molecule has 1 saturated carbocycles. The standard InChI is InChI=1S/C13H12Cl2N2O/c14-9-1-4-11(12(15)5-9)13-8(7-17-18-13)6-16-10-2-3-10/h1,4-5,7,10,16H,2-3,6H2. The first-order valence-electron chi connectivity index (χ1n) is 5.86. The Balaban J connectivity index is 1.88. The number of rotatable bonds is 4. The molecule has 0 saturated heterocycles. The Morgan fingerprint density at radius 3 is 2.89 bits per heavy atom. The zero-order chi connectivity index (χ0) is 12.5. The van der Waals surface area contributed by atoms with Gasteiger partial charge in [0.2, 0.25) is 0 Å². The molecular formula is C13H12Cl2N2O. The Labute approximate surface area is 115 Å². The third kappa shape index (κ3) is 2.53. The summed E-state index contributed by atoms with van der Waals surface area (Å²) in [6.45, 7) is 0.752. The Bertz CT molecular complexity index is 564. The van der Waals surface area contributed by atoms with Crippen LogP contribution in [0.5, 0.6) is 0 Å². The summed E-state index contributed by atoms with van der Waals surface area (Å²) in [6, 6.07) is 6.00. The SMILES string of the molecule is Clc1ccc(-c2oncc2CNC2CC2)c(Cl)c1. The van der Waals surface area contributed by atoms with Gasteiger partial charge >= 0.3 is 0 Å². The average molecular weight is 283 g/mol. The third-order valence-electron chi connectivity index (χ3n) is 2.98. The van der Waals surface area contributed by atoms with E-state index in [2.05, 4.69) is 10.5 Å². The van der Waals surface area contributed by atoms with E-state index in [1.807, 2.05) is 6.07 Å². The summed E-state index contributed by atoms with van der Waals surface area (Å²) in [5.41, 5.74) is 1.84. The largest absolute Gasteiger partial charge is 0.356 e. The van der Waals surface area contributed by atoms with E-state index in [1.165, 1.54) is 12.8 Å². The van der Waals surface area contributed by atoms with Crippen LogP contribution in [0.15, 0.2) is 28.9 Å². The molecule has 18 heavy (non-hydrogen) atoms. The van der Waals surface area contributed by atoms with Crippen LogP contribution >= 0.6 is 23.2 Å². The lowest BCUT2D eigenvalue weighted by atomic mass is 10.1. The van der Waals surface area contributed by atoms with Crippen LogP contribution in [0, 0.1) is 0 Å². The van der Waals surface area contributed by atoms with Crippen molar-refractivity contribution in [3.8, 4) is 11.3 Å². The Hall–Kier alpha value is -1.03. The second-order valence-electron chi connectivity index (χ2n) is 4.46. The molecule has 1 aromatic heterocycles. The van der Waals surface area contributed by atoms with Gasteiger partial charge in [-0.25, -0.2) is 0 Å². The van der Waals surface area contributed by atoms with Crippen molar-refractivity contribution in [1.29, 1.82) is 0 Å². The van der Waals surface area contributed by atoms with Crippen LogP contribution < -0.4 is 5.32 Å². The summed E-state index contributed by atoms with van der Waals surface area (Å²) < 4.78 is 5.31. The van der Waals surface area contributed by atoms with E-state index in [4.69, 9.17) is 27.7 Å². The minimum Gasteiger partial charge on any atom is -0.356 e. The number of nitrogens with one attached hydrogen (secondary N) is 1. The summed E-state index contributed by atoms with van der Waals surface area (Å²) in [6.07, 6.45) is 4.24. The zero-order valence-corrected chi connectivity index (χ0v) is 11.1. The van der Waals surface area contributed by atoms with Gasteiger partial charge in [0.15, 0.2) is 5.76 Å². The van der Waals surface area contributed by atoms with Gasteiger partial charge in [-0.05, 0) is 31.0 Å². The van der Waals surface area contributed by atoms with Crippen molar-refractivity contribution in [1.82, 2.24) is 10.5 Å². The van der Waals surface area contributed by atoms with Crippen molar-refractivity contribution in [2.24, 2.45) is 0 Å². The molecule has 3 nitrogen and oxygen atoms in total. The molecule has 1 aliphatic carbocycles. The number of halogens is 2. The topological polar surface area (TPSA) is 38.1 Å². The normalized spacial score (nSPS) is 15.0. The quantitative estimate of drug-likeness (QED) is 0.924. The summed E-state index contributed by atoms with van der Waals surface area (Å²) in [4.78, 5) is 0. The predicted molar refractivity (Wildman–Crippen MR) is 71.8 cm³/mol. The van der Waals surface area contributed by atoms with Gasteiger partial charge in [0.25, 0.3) is 0 Å². The molecule has 0 amide bonds. The molecule has 1 aromatic carbocycles. The molecule has 0 bridgehead atoms. The van der Waals surface area contributed by atoms with Crippen molar-refractivity contribution >= 4 is 23.2 Å². The second kappa shape index (κ2) is 4.92. The van der Waals surface area contributed by atoms with Gasteiger partial charge in [-0.1, -0.05) is 28.4 Å². The van der Waals surface area contributed by atoms with Gasteiger partial charge in [0, 0.05) is 28.7 Å². The lowest BCUT2D eigenvalue weighted by Crippen LogP contribution is -2.15. The van der Waals surface area contributed by atoms with Gasteiger partial charge in [0.05, 0.1) is 11.2 Å². The molecule has 0 aliphatic heterocycles. The zero-order valence-electron chi connectivity index (χ0n) is 9.62. The Morgan fingerprint density at radius 1 is 1.33 bits per heavy atom. The van der Waals surface area contributed by atoms with Crippen molar-refractivity contribution in [3.63, 3.8) is 0 Å². The minimum absolute atomic E-state index is 0.576. The van der Waals surface area contributed by atoms with Crippen LogP contribution in [0.4, 0.5) is 0 Å². The molecule has 0 atom stereocenters. The number of nitrogens with zero attached hydrogens (tertiary/aromatic N) is 1. The van der Waals surface area contributed by atoms with Crippen molar-refractivity contribution < 1.29 is 4.52 Å². The van der Waals surface area contributed by atoms with E-state index in [1.54, 1.807) is 18.3 Å². The predicted octanol–water partition coefficient (Wildman–Crippen LogP) is 3.90. The van der Waals surface area contributed by atoms with Gasteiger partial charge in [-0.15, -0.1) is 0 Å². The molecule has 1 fully saturated rings. The molecule has 1 N–H and O–H groups in total. The molecule has 0 unspecified atom stereocenters. The van der Waals surface area contributed by atoms with Crippen molar-refractivity contribution in [3.05, 3.63) is 40.0 Å². The molecule has 0 spiro atoms. The van der Waals surface area contributed by atoms with Gasteiger partial charge in [-0.2, -0.15) is 0 Å². The van der Waals surface area contributed by atoms with Crippen LogP contribution in [0.3, 0.4) is 0 Å². The fourth-order valence-corrected chi connectivity index (χ4v) is 2.32. The first-order chi connectivity index (χ1) is 8.74. The van der Waals surface area contributed by atoms with Crippen LogP contribution in [-0.4, -0.2) is 11.2 Å². The Kier molecular flexibility index (Phi) is 3.29. The summed E-state index contributed by atoms with van der Waals surface area (Å²) in [5, 5.41) is 8.47. The van der Waals surface area contributed by atoms with E-state index in [0.717, 1.165) is 17.7 Å². The molecule has 2 aromatic rings. The maximum absolute atomic E-state index is 6.18. The van der Waals surface area contributed by atoms with E-state index in [-0.39, 0.29) is 0 Å². The van der Waals surface area contributed by atoms with E-state index >= 15 is 0 Å². The van der Waals surface area contributed by atoms with Crippen LogP contribution in [0.25, 0.3) is 11.3 Å². The fourth-order valence-electron chi connectivity index (χ4n) is 1.82. The lowest BCUT2D eigenvalue weighted by Gasteiger charge is -2.05. The average Bonchev–Trinajstić information content (AvgIpc) is 3.06. The lowest BCUT2D eigenvalue weighted by molar-refractivity contribution is 0.431. The minimum atomic E-state index is 0.576. The highest BCUT2D eigenvalue weighted by Crippen LogP contribution is 2.32. The van der Waals surface area contributed by atoms with E-state index in [0.29, 0.717) is 21.8 Å². The number of hydrogen-bond donors (Lipinski definition) is 1. The van der Waals surface area contributed by atoms with Crippen molar-refractivity contribution in [2.75, 3.05) is 0 Å². The summed E-state index contributed by atoms with van der Waals surface area (Å²) >= 11 is 12.1. The Morgan fingerprint density at radius 2 is 2.17 bits per heavy atom. The number of aromatic nitrogens is 1. The highest BCUT2D eigenvalue weighted by molar-refractivity contribution is 6.36. The van der Waals surface area contributed by atoms with Crippen LogP contribution in [0.2, 0.25) is 10.0 Å². The van der Waals surface area contributed by atoms with Gasteiger partial charge < -0.3 is 9.84 Å². The third-order valence-corrected chi connectivity index (χ3v) is 3.53. The maximum atomic E-state index is 6.18. The second-order valence-corrected chi connectivity index (χ2v) is 5.30. The highest BCUT2D eigenvalue weighted by atomic mass is 35.5. The van der Waals surface area contributed by atoms with Crippen molar-refractivity contribution in [2.45, 2.75) is 25.4 Å². The molecular weight excluding hydrogens is 271 g/mol. The number of hydrogen-bond acceptors (Lipinski definition) is 3. The van der Waals surface area contributed by atoms with Crippen LogP contribution in [0.1, 0.15) is 18.4 Å². The first kappa shape index (κ1) is 12.0. The monoisotopic (exact) mass is 282 g/mol. The fraction of sp³-hybridized carbons (Fsp3) is 0.308. The smallest absolute Gasteiger partial charge is 0.172 e. The van der Waals surface area contributed by atoms with Gasteiger partial charge in [-0.3, -0.25) is 0 Å². The molecule has 1 heterocycles. The molecule has 94 valence electrons. The molecule has 5 heteroatoms. The van der Waals surface area contributed by atoms with Gasteiger partial charge in [0.1, 0.15) is 0 Å². The summed E-state index contributed by atoms with van der Waals surface area (Å²) in [7, 11) is 0. The molecule has 3 rings (SSSR count). The maximum Gasteiger partial charge on any atom is 0.172 e.